The molecule has 21 heavy (non-hydrogen) atoms. The van der Waals surface area contributed by atoms with E-state index in [1.54, 1.807) is 6.21 Å². The topological polar surface area (TPSA) is 52.8 Å². The highest BCUT2D eigenvalue weighted by molar-refractivity contribution is 5.84. The Kier molecular flexibility index (Phi) is 3.17. The molecule has 2 saturated carbocycles. The van der Waals surface area contributed by atoms with E-state index in [2.05, 4.69) is 25.8 Å². The van der Waals surface area contributed by atoms with Crippen molar-refractivity contribution in [3.8, 4) is 5.75 Å². The number of aromatic hydroxyl groups is 1. The van der Waals surface area contributed by atoms with Gasteiger partial charge in [0.15, 0.2) is 0 Å². The summed E-state index contributed by atoms with van der Waals surface area (Å²) in [6, 6.07) is 5.60. The molecule has 0 aromatic heterocycles. The summed E-state index contributed by atoms with van der Waals surface area (Å²) in [4.78, 5) is 4.66. The molecule has 2 fully saturated rings. The Morgan fingerprint density at radius 1 is 1.29 bits per heavy atom. The Morgan fingerprint density at radius 2 is 2.00 bits per heavy atom. The maximum atomic E-state index is 10.7. The number of hydrogen-bond donors (Lipinski definition) is 2. The summed E-state index contributed by atoms with van der Waals surface area (Å²) >= 11 is 0. The molecule has 0 amide bonds. The molecule has 3 nitrogen and oxygen atoms in total. The number of para-hydroxylation sites is 1. The van der Waals surface area contributed by atoms with Gasteiger partial charge in [0.2, 0.25) is 0 Å². The molecule has 3 rings (SSSR count). The molecule has 0 saturated heterocycles. The monoisotopic (exact) mass is 287 g/mol. The first-order valence-corrected chi connectivity index (χ1v) is 7.79. The van der Waals surface area contributed by atoms with Gasteiger partial charge in [-0.2, -0.15) is 0 Å². The number of aliphatic imine (C=N–C) groups is 1. The molecule has 0 radical (unpaired) electrons. The molecule has 2 bridgehead atoms. The first-order chi connectivity index (χ1) is 9.79. The van der Waals surface area contributed by atoms with Crippen LogP contribution < -0.4 is 0 Å². The molecule has 2 N–H and O–H groups in total. The number of aliphatic hydroxyl groups is 1. The van der Waals surface area contributed by atoms with Gasteiger partial charge in [-0.3, -0.25) is 4.99 Å². The van der Waals surface area contributed by atoms with Crippen molar-refractivity contribution in [3.05, 3.63) is 29.3 Å². The summed E-state index contributed by atoms with van der Waals surface area (Å²) < 4.78 is 0. The predicted molar refractivity (Wildman–Crippen MR) is 84.8 cm³/mol. The van der Waals surface area contributed by atoms with Crippen LogP contribution in [0.4, 0.5) is 0 Å². The lowest BCUT2D eigenvalue weighted by molar-refractivity contribution is 0.00624. The highest BCUT2D eigenvalue weighted by atomic mass is 16.3. The van der Waals surface area contributed by atoms with E-state index in [1.807, 2.05) is 25.1 Å². The van der Waals surface area contributed by atoms with E-state index in [4.69, 9.17) is 0 Å². The minimum Gasteiger partial charge on any atom is -0.507 e. The summed E-state index contributed by atoms with van der Waals surface area (Å²) in [6.07, 6.45) is 3.54. The maximum absolute atomic E-state index is 10.7. The maximum Gasteiger partial charge on any atom is 0.127 e. The number of phenols is 1. The normalized spacial score (nSPS) is 37.5. The lowest BCUT2D eigenvalue weighted by Crippen LogP contribution is -2.39. The highest BCUT2D eigenvalue weighted by Gasteiger charge is 2.65. The fourth-order valence-corrected chi connectivity index (χ4v) is 4.42. The van der Waals surface area contributed by atoms with Crippen LogP contribution in [0, 0.1) is 23.7 Å². The van der Waals surface area contributed by atoms with Crippen LogP contribution in [0.3, 0.4) is 0 Å². The molecule has 1 aromatic carbocycles. The number of benzene rings is 1. The van der Waals surface area contributed by atoms with Crippen molar-refractivity contribution in [2.24, 2.45) is 21.7 Å². The molecule has 114 valence electrons. The second-order valence-electron chi connectivity index (χ2n) is 7.51. The van der Waals surface area contributed by atoms with Crippen molar-refractivity contribution < 1.29 is 10.2 Å². The van der Waals surface area contributed by atoms with Crippen molar-refractivity contribution in [2.75, 3.05) is 0 Å². The molecule has 2 aliphatic carbocycles. The molecule has 3 heteroatoms. The number of rotatable bonds is 2. The number of phenolic OH excluding ortho intramolecular Hbond substituents is 1. The molecule has 4 atom stereocenters. The van der Waals surface area contributed by atoms with Gasteiger partial charge in [-0.15, -0.1) is 0 Å². The van der Waals surface area contributed by atoms with Crippen LogP contribution in [0.15, 0.2) is 23.2 Å². The third kappa shape index (κ3) is 1.87. The fourth-order valence-electron chi connectivity index (χ4n) is 4.42. The predicted octanol–water partition coefficient (Wildman–Crippen LogP) is 3.31. The van der Waals surface area contributed by atoms with Crippen LogP contribution >= 0.6 is 0 Å². The van der Waals surface area contributed by atoms with Crippen LogP contribution in [0.5, 0.6) is 5.75 Å². The molecule has 0 spiro atoms. The second-order valence-corrected chi connectivity index (χ2v) is 7.51. The smallest absolute Gasteiger partial charge is 0.127 e. The molecular weight excluding hydrogens is 262 g/mol. The quantitative estimate of drug-likeness (QED) is 0.820. The SMILES string of the molecule is Cc1cccc(C=NC2C3CCC(C)(C2O)C3(C)C)c1O. The largest absolute Gasteiger partial charge is 0.507 e. The standard InChI is InChI=1S/C18H25NO2/c1-11-6-5-7-12(15(11)20)10-19-14-13-8-9-18(4,16(14)21)17(13,2)3/h5-7,10,13-14,16,20-21H,8-9H2,1-4H3. The third-order valence-corrected chi connectivity index (χ3v) is 6.42. The van der Waals surface area contributed by atoms with Crippen LogP contribution in [-0.4, -0.2) is 28.6 Å². The zero-order chi connectivity index (χ0) is 15.4. The van der Waals surface area contributed by atoms with Crippen LogP contribution in [0.25, 0.3) is 0 Å². The lowest BCUT2D eigenvalue weighted by Gasteiger charge is -2.36. The molecular formula is C18H25NO2. The van der Waals surface area contributed by atoms with Gasteiger partial charge in [-0.25, -0.2) is 0 Å². The Labute approximate surface area is 126 Å². The Morgan fingerprint density at radius 3 is 2.62 bits per heavy atom. The number of hydrogen-bond acceptors (Lipinski definition) is 3. The Hall–Kier alpha value is -1.35. The van der Waals surface area contributed by atoms with Gasteiger partial charge in [0.05, 0.1) is 12.1 Å². The highest BCUT2D eigenvalue weighted by Crippen LogP contribution is 2.66. The van der Waals surface area contributed by atoms with E-state index < -0.39 is 6.10 Å². The summed E-state index contributed by atoms with van der Waals surface area (Å²) in [5.74, 6) is 0.699. The number of aryl methyl sites for hydroxylation is 1. The van der Waals surface area contributed by atoms with Crippen molar-refractivity contribution in [3.63, 3.8) is 0 Å². The van der Waals surface area contributed by atoms with Gasteiger partial charge in [0.1, 0.15) is 5.75 Å². The Balaban J connectivity index is 1.90. The average molecular weight is 287 g/mol. The number of nitrogens with zero attached hydrogens (tertiary/aromatic N) is 1. The molecule has 2 aliphatic rings. The third-order valence-electron chi connectivity index (χ3n) is 6.42. The average Bonchev–Trinajstić information content (AvgIpc) is 2.74. The number of aliphatic hydroxyl groups excluding tert-OH is 1. The van der Waals surface area contributed by atoms with Crippen molar-refractivity contribution >= 4 is 6.21 Å². The van der Waals surface area contributed by atoms with Gasteiger partial charge >= 0.3 is 0 Å². The van der Waals surface area contributed by atoms with Crippen LogP contribution in [-0.2, 0) is 0 Å². The summed E-state index contributed by atoms with van der Waals surface area (Å²) in [5, 5.41) is 20.8. The molecule has 4 unspecified atom stereocenters. The fraction of sp³-hybridized carbons (Fsp3) is 0.611. The van der Waals surface area contributed by atoms with E-state index in [1.165, 1.54) is 0 Å². The minimum absolute atomic E-state index is 0.0473. The van der Waals surface area contributed by atoms with Crippen molar-refractivity contribution in [2.45, 2.75) is 52.7 Å². The summed E-state index contributed by atoms with van der Waals surface area (Å²) in [6.45, 7) is 8.58. The van der Waals surface area contributed by atoms with Crippen molar-refractivity contribution in [1.82, 2.24) is 0 Å². The summed E-state index contributed by atoms with van der Waals surface area (Å²) in [5.41, 5.74) is 1.64. The molecule has 0 aliphatic heterocycles. The minimum atomic E-state index is -0.394. The number of fused-ring (bicyclic) bond motifs is 2. The van der Waals surface area contributed by atoms with E-state index in [-0.39, 0.29) is 22.6 Å². The van der Waals surface area contributed by atoms with Crippen molar-refractivity contribution in [1.29, 1.82) is 0 Å². The first kappa shape index (κ1) is 14.6. The van der Waals surface area contributed by atoms with Gasteiger partial charge in [-0.1, -0.05) is 32.9 Å². The zero-order valence-electron chi connectivity index (χ0n) is 13.3. The van der Waals surface area contributed by atoms with Gasteiger partial charge in [0.25, 0.3) is 0 Å². The van der Waals surface area contributed by atoms with E-state index >= 15 is 0 Å². The Bertz CT molecular complexity index is 593. The van der Waals surface area contributed by atoms with Gasteiger partial charge in [0, 0.05) is 17.2 Å². The van der Waals surface area contributed by atoms with Gasteiger partial charge < -0.3 is 10.2 Å². The zero-order valence-corrected chi connectivity index (χ0v) is 13.3. The second kappa shape index (κ2) is 4.57. The van der Waals surface area contributed by atoms with E-state index in [9.17, 15) is 10.2 Å². The molecule has 0 heterocycles. The van der Waals surface area contributed by atoms with Crippen LogP contribution in [0.2, 0.25) is 0 Å². The molecule has 1 aromatic rings. The lowest BCUT2D eigenvalue weighted by atomic mass is 9.70. The van der Waals surface area contributed by atoms with Crippen LogP contribution in [0.1, 0.15) is 44.7 Å². The van der Waals surface area contributed by atoms with E-state index in [0.29, 0.717) is 5.92 Å². The summed E-state index contributed by atoms with van der Waals surface area (Å²) in [7, 11) is 0. The first-order valence-electron chi connectivity index (χ1n) is 7.79. The van der Waals surface area contributed by atoms with Gasteiger partial charge in [-0.05, 0) is 42.7 Å². The van der Waals surface area contributed by atoms with E-state index in [0.717, 1.165) is 24.0 Å².